The normalized spacial score (nSPS) is 20.7. The van der Waals surface area contributed by atoms with Crippen molar-refractivity contribution in [2.45, 2.75) is 51.5 Å². The Morgan fingerprint density at radius 2 is 1.89 bits per heavy atom. The van der Waals surface area contributed by atoms with E-state index in [0.29, 0.717) is 24.4 Å². The van der Waals surface area contributed by atoms with Gasteiger partial charge in [-0.15, -0.1) is 0 Å². The average molecular weight is 376 g/mol. The molecule has 0 radical (unpaired) electrons. The fourth-order valence-electron chi connectivity index (χ4n) is 4.51. The van der Waals surface area contributed by atoms with Crippen molar-refractivity contribution in [1.29, 1.82) is 0 Å². The summed E-state index contributed by atoms with van der Waals surface area (Å²) in [7, 11) is 0. The van der Waals surface area contributed by atoms with Crippen molar-refractivity contribution < 1.29 is 9.18 Å². The molecule has 2 fully saturated rings. The van der Waals surface area contributed by atoms with Gasteiger partial charge in [-0.1, -0.05) is 25.1 Å². The van der Waals surface area contributed by atoms with Gasteiger partial charge in [0.15, 0.2) is 0 Å². The maximum atomic E-state index is 14.3. The summed E-state index contributed by atoms with van der Waals surface area (Å²) in [5.41, 5.74) is 0.701. The summed E-state index contributed by atoms with van der Waals surface area (Å²) < 4.78 is 14.3. The highest BCUT2D eigenvalue weighted by Gasteiger charge is 2.27. The summed E-state index contributed by atoms with van der Waals surface area (Å²) in [5.74, 6) is 0.424. The largest absolute Gasteiger partial charge is 0.354 e. The summed E-state index contributed by atoms with van der Waals surface area (Å²) in [5, 5.41) is 3.11. The van der Waals surface area contributed by atoms with E-state index in [1.165, 1.54) is 19.0 Å². The first-order valence-corrected chi connectivity index (χ1v) is 10.6. The van der Waals surface area contributed by atoms with Crippen molar-refractivity contribution in [3.8, 4) is 0 Å². The summed E-state index contributed by atoms with van der Waals surface area (Å²) in [6, 6.07) is 6.92. The first kappa shape index (κ1) is 20.3. The van der Waals surface area contributed by atoms with Crippen LogP contribution in [0.4, 0.5) is 4.39 Å². The highest BCUT2D eigenvalue weighted by atomic mass is 19.1. The summed E-state index contributed by atoms with van der Waals surface area (Å²) in [4.78, 5) is 17.3. The number of piperidine rings is 1. The standard InChI is InChI=1S/C22H34FN3O/c1-2-11-25-14-9-18(10-15-25)16-22(27)24-17-21(26-12-5-6-13-26)19-7-3-4-8-20(19)23/h3-4,7-8,18,21H,2,5-6,9-17H2,1H3,(H,24,27)/t21-/m0/s1. The van der Waals surface area contributed by atoms with Crippen LogP contribution in [-0.4, -0.2) is 55.0 Å². The molecule has 1 aromatic rings. The molecule has 0 unspecified atom stereocenters. The van der Waals surface area contributed by atoms with Gasteiger partial charge in [-0.3, -0.25) is 9.69 Å². The zero-order chi connectivity index (χ0) is 19.1. The van der Waals surface area contributed by atoms with Gasteiger partial charge >= 0.3 is 0 Å². The molecule has 150 valence electrons. The van der Waals surface area contributed by atoms with Crippen LogP contribution in [0.1, 0.15) is 57.1 Å². The van der Waals surface area contributed by atoms with Crippen LogP contribution in [0.3, 0.4) is 0 Å². The molecular weight excluding hydrogens is 341 g/mol. The van der Waals surface area contributed by atoms with Crippen LogP contribution in [0.25, 0.3) is 0 Å². The Hall–Kier alpha value is -1.46. The highest BCUT2D eigenvalue weighted by molar-refractivity contribution is 5.76. The van der Waals surface area contributed by atoms with E-state index in [-0.39, 0.29) is 17.8 Å². The molecule has 1 aromatic carbocycles. The van der Waals surface area contributed by atoms with Gasteiger partial charge in [-0.05, 0) is 76.8 Å². The molecule has 3 rings (SSSR count). The number of benzene rings is 1. The number of hydrogen-bond donors (Lipinski definition) is 1. The Labute approximate surface area is 163 Å². The molecule has 0 saturated carbocycles. The molecule has 2 aliphatic heterocycles. The predicted molar refractivity (Wildman–Crippen MR) is 107 cm³/mol. The van der Waals surface area contributed by atoms with Crippen molar-refractivity contribution in [3.63, 3.8) is 0 Å². The molecule has 2 aliphatic rings. The number of carbonyl (C=O) groups excluding carboxylic acids is 1. The second kappa shape index (κ2) is 10.2. The lowest BCUT2D eigenvalue weighted by Gasteiger charge is -2.32. The first-order chi connectivity index (χ1) is 13.2. The molecule has 2 heterocycles. The van der Waals surface area contributed by atoms with Crippen molar-refractivity contribution in [2.24, 2.45) is 5.92 Å². The van der Waals surface area contributed by atoms with Crippen LogP contribution in [0.2, 0.25) is 0 Å². The number of halogens is 1. The molecule has 5 heteroatoms. The molecule has 0 spiro atoms. The number of rotatable bonds is 8. The Morgan fingerprint density at radius 1 is 1.19 bits per heavy atom. The van der Waals surface area contributed by atoms with Crippen molar-refractivity contribution in [2.75, 3.05) is 39.3 Å². The smallest absolute Gasteiger partial charge is 0.220 e. The fraction of sp³-hybridized carbons (Fsp3) is 0.682. The molecule has 1 amide bonds. The van der Waals surface area contributed by atoms with Crippen LogP contribution >= 0.6 is 0 Å². The SMILES string of the molecule is CCCN1CCC(CC(=O)NC[C@@H](c2ccccc2F)N2CCCC2)CC1. The Kier molecular flexibility index (Phi) is 7.65. The molecule has 0 bridgehead atoms. The second-order valence-electron chi connectivity index (χ2n) is 8.07. The Bertz CT molecular complexity index is 595. The molecule has 27 heavy (non-hydrogen) atoms. The third-order valence-corrected chi connectivity index (χ3v) is 6.06. The van der Waals surface area contributed by atoms with E-state index in [2.05, 4.69) is 22.0 Å². The average Bonchev–Trinajstić information content (AvgIpc) is 3.20. The summed E-state index contributed by atoms with van der Waals surface area (Å²) in [6.45, 7) is 8.05. The number of carbonyl (C=O) groups is 1. The van der Waals surface area contributed by atoms with Crippen LogP contribution < -0.4 is 5.32 Å². The number of nitrogens with zero attached hydrogens (tertiary/aromatic N) is 2. The Balaban J connectivity index is 1.51. The molecule has 1 N–H and O–H groups in total. The monoisotopic (exact) mass is 375 g/mol. The minimum Gasteiger partial charge on any atom is -0.354 e. The second-order valence-corrected chi connectivity index (χ2v) is 8.07. The van der Waals surface area contributed by atoms with Gasteiger partial charge in [-0.2, -0.15) is 0 Å². The Morgan fingerprint density at radius 3 is 2.56 bits per heavy atom. The van der Waals surface area contributed by atoms with Crippen LogP contribution in [0.15, 0.2) is 24.3 Å². The zero-order valence-electron chi connectivity index (χ0n) is 16.6. The predicted octanol–water partition coefficient (Wildman–Crippen LogP) is 3.59. The van der Waals surface area contributed by atoms with E-state index in [1.54, 1.807) is 6.07 Å². The lowest BCUT2D eigenvalue weighted by molar-refractivity contribution is -0.122. The number of hydrogen-bond acceptors (Lipinski definition) is 3. The van der Waals surface area contributed by atoms with E-state index in [9.17, 15) is 9.18 Å². The lowest BCUT2D eigenvalue weighted by atomic mass is 9.93. The van der Waals surface area contributed by atoms with Crippen LogP contribution in [0, 0.1) is 11.7 Å². The molecule has 0 aliphatic carbocycles. The molecule has 0 aromatic heterocycles. The van der Waals surface area contributed by atoms with Gasteiger partial charge in [0.2, 0.25) is 5.91 Å². The minimum atomic E-state index is -0.174. The fourth-order valence-corrected chi connectivity index (χ4v) is 4.51. The van der Waals surface area contributed by atoms with Crippen molar-refractivity contribution >= 4 is 5.91 Å². The third kappa shape index (κ3) is 5.76. The van der Waals surface area contributed by atoms with Crippen molar-refractivity contribution in [3.05, 3.63) is 35.6 Å². The number of nitrogens with one attached hydrogen (secondary N) is 1. The molecule has 4 nitrogen and oxygen atoms in total. The van der Waals surface area contributed by atoms with E-state index >= 15 is 0 Å². The maximum Gasteiger partial charge on any atom is 0.220 e. The van der Waals surface area contributed by atoms with Crippen LogP contribution in [-0.2, 0) is 4.79 Å². The minimum absolute atomic E-state index is 0.0657. The van der Waals surface area contributed by atoms with Gasteiger partial charge in [0.1, 0.15) is 5.82 Å². The molecule has 2 saturated heterocycles. The van der Waals surface area contributed by atoms with E-state index < -0.39 is 0 Å². The van der Waals surface area contributed by atoms with Gasteiger partial charge < -0.3 is 10.2 Å². The van der Waals surface area contributed by atoms with Gasteiger partial charge in [-0.25, -0.2) is 4.39 Å². The maximum absolute atomic E-state index is 14.3. The zero-order valence-corrected chi connectivity index (χ0v) is 16.6. The van der Waals surface area contributed by atoms with Crippen LogP contribution in [0.5, 0.6) is 0 Å². The highest BCUT2D eigenvalue weighted by Crippen LogP contribution is 2.27. The summed E-state index contributed by atoms with van der Waals surface area (Å²) >= 11 is 0. The molecular formula is C22H34FN3O. The number of amides is 1. The quantitative estimate of drug-likeness (QED) is 0.754. The molecule has 1 atom stereocenters. The topological polar surface area (TPSA) is 35.6 Å². The summed E-state index contributed by atoms with van der Waals surface area (Å²) in [6.07, 6.45) is 6.31. The lowest BCUT2D eigenvalue weighted by Crippen LogP contribution is -2.39. The van der Waals surface area contributed by atoms with E-state index in [0.717, 1.165) is 51.9 Å². The van der Waals surface area contributed by atoms with E-state index in [4.69, 9.17) is 0 Å². The van der Waals surface area contributed by atoms with Gasteiger partial charge in [0.05, 0.1) is 6.04 Å². The first-order valence-electron chi connectivity index (χ1n) is 10.6. The van der Waals surface area contributed by atoms with E-state index in [1.807, 2.05) is 12.1 Å². The third-order valence-electron chi connectivity index (χ3n) is 6.06. The van der Waals surface area contributed by atoms with Gasteiger partial charge in [0.25, 0.3) is 0 Å². The van der Waals surface area contributed by atoms with Crippen molar-refractivity contribution in [1.82, 2.24) is 15.1 Å². The number of likely N-dealkylation sites (tertiary alicyclic amines) is 2. The van der Waals surface area contributed by atoms with Gasteiger partial charge in [0, 0.05) is 18.5 Å².